The van der Waals surface area contributed by atoms with Crippen LogP contribution in [0.5, 0.6) is 0 Å². The fourth-order valence-electron chi connectivity index (χ4n) is 2.76. The van der Waals surface area contributed by atoms with Crippen LogP contribution >= 0.6 is 0 Å². The van der Waals surface area contributed by atoms with E-state index >= 15 is 0 Å². The molecule has 1 aliphatic carbocycles. The number of hydrogen-bond donors (Lipinski definition) is 3. The van der Waals surface area contributed by atoms with E-state index in [4.69, 9.17) is 10.9 Å². The van der Waals surface area contributed by atoms with Gasteiger partial charge in [0.2, 0.25) is 0 Å². The first-order valence-corrected chi connectivity index (χ1v) is 6.31. The number of aliphatic hydroxyl groups is 1. The molecule has 98 valence electrons. The van der Waals surface area contributed by atoms with Crippen molar-refractivity contribution in [2.24, 2.45) is 16.8 Å². The van der Waals surface area contributed by atoms with Crippen LogP contribution in [-0.2, 0) is 5.60 Å². The normalized spacial score (nSPS) is 27.2. The molecule has 0 aliphatic heterocycles. The fraction of sp³-hybridized carbons (Fsp3) is 0.267. The number of fused-ring (bicyclic) bond motifs is 1. The van der Waals surface area contributed by atoms with E-state index in [9.17, 15) is 5.11 Å². The second-order valence-corrected chi connectivity index (χ2v) is 5.22. The van der Waals surface area contributed by atoms with Crippen molar-refractivity contribution in [2.75, 3.05) is 0 Å². The van der Waals surface area contributed by atoms with Gasteiger partial charge in [0.05, 0.1) is 5.60 Å². The molecule has 0 bridgehead atoms. The number of nitrogens with two attached hydrogens (primary N) is 1. The summed E-state index contributed by atoms with van der Waals surface area (Å²) in [6.07, 6.45) is 1.00. The van der Waals surface area contributed by atoms with E-state index in [0.29, 0.717) is 12.8 Å². The second kappa shape index (κ2) is 4.24. The molecule has 1 saturated carbocycles. The number of benzene rings is 2. The van der Waals surface area contributed by atoms with Gasteiger partial charge in [-0.05, 0) is 35.2 Å². The lowest BCUT2D eigenvalue weighted by molar-refractivity contribution is -0.0601. The zero-order chi connectivity index (χ0) is 13.5. The monoisotopic (exact) mass is 256 g/mol. The van der Waals surface area contributed by atoms with E-state index in [-0.39, 0.29) is 11.8 Å². The highest BCUT2D eigenvalue weighted by Crippen LogP contribution is 2.46. The first-order valence-electron chi connectivity index (χ1n) is 6.31. The maximum absolute atomic E-state index is 10.6. The molecule has 19 heavy (non-hydrogen) atoms. The summed E-state index contributed by atoms with van der Waals surface area (Å²) in [5.41, 5.74) is 5.60. The van der Waals surface area contributed by atoms with Crippen molar-refractivity contribution in [3.63, 3.8) is 0 Å². The quantitative estimate of drug-likeness (QED) is 0.333. The van der Waals surface area contributed by atoms with Crippen molar-refractivity contribution in [1.82, 2.24) is 0 Å². The van der Waals surface area contributed by atoms with E-state index in [0.717, 1.165) is 16.3 Å². The maximum Gasteiger partial charge on any atom is 0.142 e. The van der Waals surface area contributed by atoms with Gasteiger partial charge in [-0.1, -0.05) is 41.6 Å². The zero-order valence-electron chi connectivity index (χ0n) is 10.5. The summed E-state index contributed by atoms with van der Waals surface area (Å²) in [5, 5.41) is 24.5. The maximum atomic E-state index is 10.6. The summed E-state index contributed by atoms with van der Waals surface area (Å²) in [4.78, 5) is 0. The SMILES string of the molecule is N/C(=N/O)C1CC(O)(c2ccc3ccccc3c2)C1. The molecule has 4 heteroatoms. The molecule has 0 unspecified atom stereocenters. The van der Waals surface area contributed by atoms with E-state index in [1.165, 1.54) is 0 Å². The average Bonchev–Trinajstić information content (AvgIpc) is 2.42. The Balaban J connectivity index is 1.89. The van der Waals surface area contributed by atoms with Crippen LogP contribution in [0.25, 0.3) is 10.8 Å². The number of nitrogens with zero attached hydrogens (tertiary/aromatic N) is 1. The average molecular weight is 256 g/mol. The molecule has 0 radical (unpaired) electrons. The second-order valence-electron chi connectivity index (χ2n) is 5.22. The van der Waals surface area contributed by atoms with Gasteiger partial charge in [0.15, 0.2) is 0 Å². The smallest absolute Gasteiger partial charge is 0.142 e. The first kappa shape index (κ1) is 12.0. The molecule has 0 aromatic heterocycles. The minimum Gasteiger partial charge on any atom is -0.409 e. The fourth-order valence-corrected chi connectivity index (χ4v) is 2.76. The highest BCUT2D eigenvalue weighted by atomic mass is 16.4. The minimum absolute atomic E-state index is 0.0403. The lowest BCUT2D eigenvalue weighted by Crippen LogP contribution is -2.46. The van der Waals surface area contributed by atoms with Crippen LogP contribution in [0.15, 0.2) is 47.6 Å². The topological polar surface area (TPSA) is 78.8 Å². The molecular weight excluding hydrogens is 240 g/mol. The Bertz CT molecular complexity index is 645. The van der Waals surface area contributed by atoms with Gasteiger partial charge in [0.25, 0.3) is 0 Å². The van der Waals surface area contributed by atoms with Gasteiger partial charge in [0, 0.05) is 5.92 Å². The summed E-state index contributed by atoms with van der Waals surface area (Å²) >= 11 is 0. The molecule has 0 spiro atoms. The van der Waals surface area contributed by atoms with Crippen LogP contribution < -0.4 is 5.73 Å². The molecule has 0 amide bonds. The van der Waals surface area contributed by atoms with Crippen LogP contribution in [0.4, 0.5) is 0 Å². The van der Waals surface area contributed by atoms with Crippen molar-refractivity contribution in [1.29, 1.82) is 0 Å². The lowest BCUT2D eigenvalue weighted by Gasteiger charge is -2.43. The largest absolute Gasteiger partial charge is 0.409 e. The minimum atomic E-state index is -0.857. The molecule has 3 rings (SSSR count). The van der Waals surface area contributed by atoms with Crippen LogP contribution in [0, 0.1) is 5.92 Å². The first-order chi connectivity index (χ1) is 9.12. The van der Waals surface area contributed by atoms with E-state index < -0.39 is 5.60 Å². The third kappa shape index (κ3) is 1.94. The summed E-state index contributed by atoms with van der Waals surface area (Å²) in [7, 11) is 0. The number of oxime groups is 1. The molecular formula is C15H16N2O2. The van der Waals surface area contributed by atoms with Crippen molar-refractivity contribution >= 4 is 16.6 Å². The summed E-state index contributed by atoms with van der Waals surface area (Å²) in [6.45, 7) is 0. The third-order valence-electron chi connectivity index (χ3n) is 3.99. The Morgan fingerprint density at radius 3 is 2.53 bits per heavy atom. The van der Waals surface area contributed by atoms with Crippen molar-refractivity contribution in [3.05, 3.63) is 48.0 Å². The Morgan fingerprint density at radius 2 is 1.84 bits per heavy atom. The van der Waals surface area contributed by atoms with Gasteiger partial charge in [-0.15, -0.1) is 0 Å². The van der Waals surface area contributed by atoms with E-state index in [1.807, 2.05) is 42.5 Å². The molecule has 4 nitrogen and oxygen atoms in total. The van der Waals surface area contributed by atoms with Crippen molar-refractivity contribution in [2.45, 2.75) is 18.4 Å². The van der Waals surface area contributed by atoms with Gasteiger partial charge in [-0.25, -0.2) is 0 Å². The Morgan fingerprint density at radius 1 is 1.16 bits per heavy atom. The summed E-state index contributed by atoms with van der Waals surface area (Å²) in [6, 6.07) is 14.0. The van der Waals surface area contributed by atoms with Crippen LogP contribution in [-0.4, -0.2) is 16.1 Å². The van der Waals surface area contributed by atoms with E-state index in [2.05, 4.69) is 5.16 Å². The molecule has 0 heterocycles. The molecule has 2 aromatic carbocycles. The van der Waals surface area contributed by atoms with Gasteiger partial charge < -0.3 is 16.0 Å². The standard InChI is InChI=1S/C15H16N2O2/c16-14(17-19)12-8-15(18,9-12)13-6-5-10-3-1-2-4-11(10)7-13/h1-7,12,18-19H,8-9H2,(H2,16,17). The van der Waals surface area contributed by atoms with Crippen molar-refractivity contribution in [3.8, 4) is 0 Å². The lowest BCUT2D eigenvalue weighted by atomic mass is 9.67. The molecule has 4 N–H and O–H groups in total. The van der Waals surface area contributed by atoms with Crippen LogP contribution in [0.1, 0.15) is 18.4 Å². The molecule has 1 fully saturated rings. The van der Waals surface area contributed by atoms with Crippen molar-refractivity contribution < 1.29 is 10.3 Å². The predicted molar refractivity (Wildman–Crippen MR) is 74.0 cm³/mol. The predicted octanol–water partition coefficient (Wildman–Crippen LogP) is 2.18. The highest BCUT2D eigenvalue weighted by Gasteiger charge is 2.45. The van der Waals surface area contributed by atoms with Gasteiger partial charge >= 0.3 is 0 Å². The molecule has 2 aromatic rings. The Hall–Kier alpha value is -2.07. The highest BCUT2D eigenvalue weighted by molar-refractivity contribution is 5.85. The van der Waals surface area contributed by atoms with Crippen LogP contribution in [0.3, 0.4) is 0 Å². The zero-order valence-corrected chi connectivity index (χ0v) is 10.5. The molecule has 0 saturated heterocycles. The van der Waals surface area contributed by atoms with Gasteiger partial charge in [-0.2, -0.15) is 0 Å². The summed E-state index contributed by atoms with van der Waals surface area (Å²) in [5.74, 6) is 0.159. The summed E-state index contributed by atoms with van der Waals surface area (Å²) < 4.78 is 0. The number of hydrogen-bond acceptors (Lipinski definition) is 3. The molecule has 0 atom stereocenters. The Labute approximate surface area is 111 Å². The number of amidine groups is 1. The van der Waals surface area contributed by atoms with Gasteiger partial charge in [0.1, 0.15) is 5.84 Å². The molecule has 1 aliphatic rings. The number of rotatable bonds is 2. The third-order valence-corrected chi connectivity index (χ3v) is 3.99. The van der Waals surface area contributed by atoms with Gasteiger partial charge in [-0.3, -0.25) is 0 Å². The van der Waals surface area contributed by atoms with E-state index in [1.54, 1.807) is 0 Å². The van der Waals surface area contributed by atoms with Crippen LogP contribution in [0.2, 0.25) is 0 Å². The Kier molecular flexibility index (Phi) is 2.68.